The van der Waals surface area contributed by atoms with E-state index < -0.39 is 0 Å². The Morgan fingerprint density at radius 3 is 2.84 bits per heavy atom. The van der Waals surface area contributed by atoms with E-state index in [1.165, 1.54) is 6.33 Å². The van der Waals surface area contributed by atoms with Crippen LogP contribution in [0, 0.1) is 5.92 Å². The molecule has 0 bridgehead atoms. The third kappa shape index (κ3) is 4.67. The van der Waals surface area contributed by atoms with Crippen LogP contribution in [0.4, 0.5) is 5.82 Å². The maximum atomic E-state index is 12.4. The Bertz CT molecular complexity index is 726. The fraction of sp³-hybridized carbons (Fsp3) is 0.389. The molecule has 1 aliphatic rings. The van der Waals surface area contributed by atoms with Crippen molar-refractivity contribution < 1.29 is 9.53 Å². The molecule has 0 aliphatic heterocycles. The first kappa shape index (κ1) is 19.1. The number of nitrogens with two attached hydrogens (primary N) is 1. The molecule has 2 atom stereocenters. The van der Waals surface area contributed by atoms with Crippen molar-refractivity contribution in [1.82, 2.24) is 9.97 Å². The molecule has 7 heteroatoms. The average Bonchev–Trinajstić information content (AvgIpc) is 2.62. The van der Waals surface area contributed by atoms with Crippen molar-refractivity contribution in [2.75, 3.05) is 12.4 Å². The van der Waals surface area contributed by atoms with E-state index in [1.54, 1.807) is 13.2 Å². The molecule has 134 valence electrons. The number of carbonyl (C=O) groups is 1. The maximum absolute atomic E-state index is 12.4. The maximum Gasteiger partial charge on any atom is 0.228 e. The van der Waals surface area contributed by atoms with E-state index in [0.29, 0.717) is 11.5 Å². The molecule has 3 N–H and O–H groups in total. The predicted octanol–water partition coefficient (Wildman–Crippen LogP) is 3.03. The summed E-state index contributed by atoms with van der Waals surface area (Å²) in [5.74, 6) is 1.16. The van der Waals surface area contributed by atoms with Gasteiger partial charge in [0.25, 0.3) is 0 Å². The summed E-state index contributed by atoms with van der Waals surface area (Å²) >= 11 is 0. The summed E-state index contributed by atoms with van der Waals surface area (Å²) in [6, 6.07) is 9.49. The zero-order valence-electron chi connectivity index (χ0n) is 14.1. The number of carbonyl (C=O) groups excluding carboxylic acids is 1. The molecule has 2 unspecified atom stereocenters. The number of amides is 1. The Balaban J connectivity index is 0.00000225. The van der Waals surface area contributed by atoms with Crippen molar-refractivity contribution >= 4 is 24.1 Å². The van der Waals surface area contributed by atoms with Crippen LogP contribution in [0.3, 0.4) is 0 Å². The number of anilines is 1. The van der Waals surface area contributed by atoms with Gasteiger partial charge in [0.15, 0.2) is 0 Å². The van der Waals surface area contributed by atoms with Gasteiger partial charge < -0.3 is 15.8 Å². The lowest BCUT2D eigenvalue weighted by Crippen LogP contribution is -2.34. The van der Waals surface area contributed by atoms with Crippen LogP contribution in [0.5, 0.6) is 5.75 Å². The molecule has 0 radical (unpaired) electrons. The molecule has 1 fully saturated rings. The van der Waals surface area contributed by atoms with Crippen LogP contribution in [0.1, 0.15) is 25.7 Å². The molecule has 1 aromatic heterocycles. The number of nitrogens with zero attached hydrogens (tertiary/aromatic N) is 2. The highest BCUT2D eigenvalue weighted by Crippen LogP contribution is 2.29. The van der Waals surface area contributed by atoms with Gasteiger partial charge in [-0.05, 0) is 31.4 Å². The van der Waals surface area contributed by atoms with E-state index >= 15 is 0 Å². The van der Waals surface area contributed by atoms with Crippen molar-refractivity contribution in [2.24, 2.45) is 11.7 Å². The first-order valence-electron chi connectivity index (χ1n) is 8.19. The second-order valence-corrected chi connectivity index (χ2v) is 6.10. The number of methoxy groups -OCH3 is 1. The molecule has 3 rings (SSSR count). The summed E-state index contributed by atoms with van der Waals surface area (Å²) in [7, 11) is 1.62. The van der Waals surface area contributed by atoms with Gasteiger partial charge in [-0.3, -0.25) is 4.79 Å². The highest BCUT2D eigenvalue weighted by atomic mass is 35.5. The van der Waals surface area contributed by atoms with Crippen molar-refractivity contribution in [3.05, 3.63) is 36.7 Å². The summed E-state index contributed by atoms with van der Waals surface area (Å²) in [5, 5.41) is 2.89. The number of rotatable bonds is 4. The van der Waals surface area contributed by atoms with Crippen LogP contribution in [-0.4, -0.2) is 29.0 Å². The number of hydrogen-bond acceptors (Lipinski definition) is 5. The van der Waals surface area contributed by atoms with E-state index in [9.17, 15) is 4.79 Å². The van der Waals surface area contributed by atoms with Gasteiger partial charge in [-0.25, -0.2) is 9.97 Å². The lowest BCUT2D eigenvalue weighted by molar-refractivity contribution is -0.120. The number of para-hydroxylation sites is 1. The number of aromatic nitrogens is 2. The summed E-state index contributed by atoms with van der Waals surface area (Å²) in [6.07, 6.45) is 5.05. The first-order valence-corrected chi connectivity index (χ1v) is 8.19. The summed E-state index contributed by atoms with van der Waals surface area (Å²) < 4.78 is 5.37. The van der Waals surface area contributed by atoms with Crippen molar-refractivity contribution in [3.8, 4) is 17.0 Å². The number of benzene rings is 1. The fourth-order valence-corrected chi connectivity index (χ4v) is 3.12. The number of nitrogens with one attached hydrogen (secondary N) is 1. The fourth-order valence-electron chi connectivity index (χ4n) is 3.12. The lowest BCUT2D eigenvalue weighted by atomic mass is 9.85. The van der Waals surface area contributed by atoms with E-state index in [-0.39, 0.29) is 30.3 Å². The third-order valence-electron chi connectivity index (χ3n) is 4.39. The van der Waals surface area contributed by atoms with Gasteiger partial charge in [-0.15, -0.1) is 12.4 Å². The molecule has 0 spiro atoms. The minimum absolute atomic E-state index is 0. The Morgan fingerprint density at radius 2 is 2.08 bits per heavy atom. The smallest absolute Gasteiger partial charge is 0.228 e. The van der Waals surface area contributed by atoms with Crippen LogP contribution in [0.15, 0.2) is 36.7 Å². The van der Waals surface area contributed by atoms with Gasteiger partial charge in [0.2, 0.25) is 5.91 Å². The van der Waals surface area contributed by atoms with Crippen molar-refractivity contribution in [2.45, 2.75) is 31.7 Å². The van der Waals surface area contributed by atoms with Gasteiger partial charge in [0, 0.05) is 23.6 Å². The SMILES string of the molecule is COc1ccccc1-c1cc(NC(=O)C2CCCC(N)C2)ncn1.Cl. The van der Waals surface area contributed by atoms with Crippen molar-refractivity contribution in [1.29, 1.82) is 0 Å². The van der Waals surface area contributed by atoms with Crippen LogP contribution in [-0.2, 0) is 4.79 Å². The predicted molar refractivity (Wildman–Crippen MR) is 99.8 cm³/mol. The van der Waals surface area contributed by atoms with E-state index in [1.807, 2.05) is 24.3 Å². The molecule has 0 saturated heterocycles. The monoisotopic (exact) mass is 362 g/mol. The first-order chi connectivity index (χ1) is 11.7. The van der Waals surface area contributed by atoms with Gasteiger partial charge in [0.1, 0.15) is 17.9 Å². The number of halogens is 1. The van der Waals surface area contributed by atoms with Gasteiger partial charge >= 0.3 is 0 Å². The van der Waals surface area contributed by atoms with Gasteiger partial charge in [-0.2, -0.15) is 0 Å². The van der Waals surface area contributed by atoms with Gasteiger partial charge in [0.05, 0.1) is 12.8 Å². The van der Waals surface area contributed by atoms with Gasteiger partial charge in [-0.1, -0.05) is 18.6 Å². The zero-order valence-corrected chi connectivity index (χ0v) is 15.0. The molecule has 1 saturated carbocycles. The molecule has 2 aromatic rings. The van der Waals surface area contributed by atoms with Crippen LogP contribution in [0.2, 0.25) is 0 Å². The molecular weight excluding hydrogens is 340 g/mol. The third-order valence-corrected chi connectivity index (χ3v) is 4.39. The molecule has 1 aliphatic carbocycles. The van der Waals surface area contributed by atoms with Crippen LogP contribution >= 0.6 is 12.4 Å². The molecular formula is C18H23ClN4O2. The molecule has 25 heavy (non-hydrogen) atoms. The Morgan fingerprint density at radius 1 is 1.28 bits per heavy atom. The topological polar surface area (TPSA) is 90.1 Å². The Labute approximate surface area is 153 Å². The van der Waals surface area contributed by atoms with Crippen molar-refractivity contribution in [3.63, 3.8) is 0 Å². The minimum Gasteiger partial charge on any atom is -0.496 e. The zero-order chi connectivity index (χ0) is 16.9. The van der Waals surface area contributed by atoms with E-state index in [4.69, 9.17) is 10.5 Å². The number of ether oxygens (including phenoxy) is 1. The largest absolute Gasteiger partial charge is 0.496 e. The highest BCUT2D eigenvalue weighted by molar-refractivity contribution is 5.92. The molecule has 1 heterocycles. The average molecular weight is 363 g/mol. The van der Waals surface area contributed by atoms with E-state index in [2.05, 4.69) is 15.3 Å². The number of hydrogen-bond donors (Lipinski definition) is 2. The summed E-state index contributed by atoms with van der Waals surface area (Å²) in [6.45, 7) is 0. The normalized spacial score (nSPS) is 19.6. The molecule has 1 aromatic carbocycles. The van der Waals surface area contributed by atoms with E-state index in [0.717, 1.165) is 37.0 Å². The van der Waals surface area contributed by atoms with Crippen LogP contribution in [0.25, 0.3) is 11.3 Å². The molecule has 6 nitrogen and oxygen atoms in total. The second-order valence-electron chi connectivity index (χ2n) is 6.10. The second kappa shape index (κ2) is 8.78. The Hall–Kier alpha value is -2.18. The highest BCUT2D eigenvalue weighted by Gasteiger charge is 2.25. The molecule has 1 amide bonds. The van der Waals surface area contributed by atoms with Crippen LogP contribution < -0.4 is 15.8 Å². The standard InChI is InChI=1S/C18H22N4O2.ClH/c1-24-16-8-3-2-7-14(16)15-10-17(21-11-20-15)22-18(23)12-5-4-6-13(19)9-12;/h2-3,7-8,10-13H,4-6,9,19H2,1H3,(H,20,21,22,23);1H. The quantitative estimate of drug-likeness (QED) is 0.872. The summed E-state index contributed by atoms with van der Waals surface area (Å²) in [5.41, 5.74) is 7.53. The Kier molecular flexibility index (Phi) is 6.73. The minimum atomic E-state index is -0.0431. The summed E-state index contributed by atoms with van der Waals surface area (Å²) in [4.78, 5) is 20.9. The lowest BCUT2D eigenvalue weighted by Gasteiger charge is -2.25.